The Hall–Kier alpha value is -3.10. The van der Waals surface area contributed by atoms with Gasteiger partial charge in [-0.05, 0) is 43.9 Å². The number of carbonyl (C=O) groups is 2. The van der Waals surface area contributed by atoms with Crippen LogP contribution in [0.25, 0.3) is 0 Å². The zero-order valence-electron chi connectivity index (χ0n) is 17.3. The summed E-state index contributed by atoms with van der Waals surface area (Å²) in [6, 6.07) is 11.5. The van der Waals surface area contributed by atoms with Gasteiger partial charge >= 0.3 is 6.18 Å². The van der Waals surface area contributed by atoms with E-state index in [2.05, 4.69) is 10.3 Å². The van der Waals surface area contributed by atoms with E-state index in [1.165, 1.54) is 6.07 Å². The fraction of sp³-hybridized carbons (Fsp3) is 0.435. The highest BCUT2D eigenvalue weighted by Crippen LogP contribution is 2.30. The predicted molar refractivity (Wildman–Crippen MR) is 111 cm³/mol. The van der Waals surface area contributed by atoms with Crippen LogP contribution in [0.4, 0.5) is 18.9 Å². The summed E-state index contributed by atoms with van der Waals surface area (Å²) in [5.74, 6) is -0.396. The lowest BCUT2D eigenvalue weighted by Gasteiger charge is -2.30. The van der Waals surface area contributed by atoms with Gasteiger partial charge in [0.1, 0.15) is 6.10 Å². The third kappa shape index (κ3) is 5.20. The van der Waals surface area contributed by atoms with Crippen molar-refractivity contribution in [3.63, 3.8) is 0 Å². The van der Waals surface area contributed by atoms with Gasteiger partial charge in [0.15, 0.2) is 0 Å². The number of ether oxygens (including phenoxy) is 1. The Kier molecular flexibility index (Phi) is 6.34. The van der Waals surface area contributed by atoms with Crippen LogP contribution in [0.5, 0.6) is 5.88 Å². The number of benzene rings is 1. The lowest BCUT2D eigenvalue weighted by atomic mass is 9.92. The first-order valence-corrected chi connectivity index (χ1v) is 10.7. The van der Waals surface area contributed by atoms with Gasteiger partial charge in [-0.3, -0.25) is 9.59 Å². The second kappa shape index (κ2) is 9.18. The van der Waals surface area contributed by atoms with Crippen molar-refractivity contribution >= 4 is 17.5 Å². The van der Waals surface area contributed by atoms with Crippen molar-refractivity contribution < 1.29 is 27.5 Å². The van der Waals surface area contributed by atoms with E-state index >= 15 is 0 Å². The second-order valence-corrected chi connectivity index (χ2v) is 8.22. The van der Waals surface area contributed by atoms with Crippen LogP contribution in [-0.4, -0.2) is 35.5 Å². The van der Waals surface area contributed by atoms with E-state index in [-0.39, 0.29) is 42.2 Å². The molecule has 1 saturated carbocycles. The highest BCUT2D eigenvalue weighted by molar-refractivity contribution is 6.00. The largest absolute Gasteiger partial charge is 0.474 e. The smallest absolute Gasteiger partial charge is 0.417 e. The molecule has 1 N–H and O–H groups in total. The molecule has 4 rings (SSSR count). The quantitative estimate of drug-likeness (QED) is 0.753. The number of amides is 2. The lowest BCUT2D eigenvalue weighted by Crippen LogP contribution is -2.43. The number of rotatable bonds is 5. The molecule has 170 valence electrons. The van der Waals surface area contributed by atoms with Gasteiger partial charge in [-0.15, -0.1) is 0 Å². The van der Waals surface area contributed by atoms with E-state index in [1.807, 2.05) is 30.3 Å². The molecule has 1 unspecified atom stereocenters. The first-order chi connectivity index (χ1) is 15.3. The first-order valence-electron chi connectivity index (χ1n) is 10.7. The van der Waals surface area contributed by atoms with E-state index < -0.39 is 11.7 Å². The molecule has 2 fully saturated rings. The van der Waals surface area contributed by atoms with Crippen molar-refractivity contribution in [2.45, 2.75) is 50.4 Å². The highest BCUT2D eigenvalue weighted by atomic mass is 19.4. The van der Waals surface area contributed by atoms with Crippen molar-refractivity contribution in [2.75, 3.05) is 11.4 Å². The number of pyridine rings is 1. The fourth-order valence-corrected chi connectivity index (χ4v) is 4.17. The number of carbonyl (C=O) groups excluding carboxylic acids is 2. The zero-order chi connectivity index (χ0) is 22.7. The summed E-state index contributed by atoms with van der Waals surface area (Å²) in [5.41, 5.74) is -0.0187. The Balaban J connectivity index is 1.24. The van der Waals surface area contributed by atoms with Gasteiger partial charge in [0.05, 0.1) is 11.5 Å². The number of hydrogen-bond donors (Lipinski definition) is 1. The Morgan fingerprint density at radius 1 is 1.06 bits per heavy atom. The third-order valence-corrected chi connectivity index (χ3v) is 5.94. The number of para-hydroxylation sites is 1. The molecule has 9 heteroatoms. The molecule has 1 atom stereocenters. The van der Waals surface area contributed by atoms with Gasteiger partial charge in [-0.1, -0.05) is 18.2 Å². The van der Waals surface area contributed by atoms with Gasteiger partial charge in [-0.2, -0.15) is 13.2 Å². The summed E-state index contributed by atoms with van der Waals surface area (Å²) in [6.45, 7) is 0.368. The van der Waals surface area contributed by atoms with E-state index in [0.29, 0.717) is 32.2 Å². The monoisotopic (exact) mass is 447 g/mol. The normalized spacial score (nSPS) is 23.8. The molecular formula is C23H24F3N3O3. The summed E-state index contributed by atoms with van der Waals surface area (Å²) >= 11 is 0. The molecule has 0 radical (unpaired) electrons. The third-order valence-electron chi connectivity index (χ3n) is 5.94. The van der Waals surface area contributed by atoms with Crippen LogP contribution >= 0.6 is 0 Å². The number of alkyl halides is 3. The number of aromatic nitrogens is 1. The van der Waals surface area contributed by atoms with Crippen LogP contribution in [-0.2, 0) is 15.8 Å². The van der Waals surface area contributed by atoms with Crippen LogP contribution in [0.2, 0.25) is 0 Å². The molecule has 32 heavy (non-hydrogen) atoms. The van der Waals surface area contributed by atoms with Crippen LogP contribution in [0, 0.1) is 5.92 Å². The molecule has 1 aliphatic heterocycles. The number of nitrogens with one attached hydrogen (secondary N) is 1. The molecular weight excluding hydrogens is 423 g/mol. The minimum Gasteiger partial charge on any atom is -0.474 e. The average Bonchev–Trinajstić information content (AvgIpc) is 3.17. The second-order valence-electron chi connectivity index (χ2n) is 8.22. The maximum atomic E-state index is 12.7. The summed E-state index contributed by atoms with van der Waals surface area (Å²) < 4.78 is 43.6. The first kappa shape index (κ1) is 22.1. The van der Waals surface area contributed by atoms with Crippen molar-refractivity contribution in [2.24, 2.45) is 5.92 Å². The molecule has 2 aromatic rings. The summed E-state index contributed by atoms with van der Waals surface area (Å²) in [5, 5.41) is 3.05. The molecule has 0 bridgehead atoms. The van der Waals surface area contributed by atoms with E-state index in [1.54, 1.807) is 4.90 Å². The average molecular weight is 447 g/mol. The zero-order valence-corrected chi connectivity index (χ0v) is 17.3. The minimum atomic E-state index is -4.43. The SMILES string of the molecule is O=C(NC1CCC(Oc2ccc(C(F)(F)F)cn2)CC1)C1CC(=O)N(c2ccccc2)C1. The maximum absolute atomic E-state index is 12.7. The van der Waals surface area contributed by atoms with Crippen LogP contribution in [0.1, 0.15) is 37.7 Å². The van der Waals surface area contributed by atoms with Crippen LogP contribution in [0.3, 0.4) is 0 Å². The van der Waals surface area contributed by atoms with Gasteiger partial charge in [-0.25, -0.2) is 4.98 Å². The minimum absolute atomic E-state index is 0.0104. The van der Waals surface area contributed by atoms with Gasteiger partial charge < -0.3 is 15.0 Å². The number of nitrogens with zero attached hydrogens (tertiary/aromatic N) is 2. The van der Waals surface area contributed by atoms with Crippen molar-refractivity contribution in [3.05, 3.63) is 54.2 Å². The van der Waals surface area contributed by atoms with Gasteiger partial charge in [0, 0.05) is 37.0 Å². The Morgan fingerprint density at radius 2 is 1.78 bits per heavy atom. The van der Waals surface area contributed by atoms with E-state index in [9.17, 15) is 22.8 Å². The standard InChI is InChI=1S/C23H24F3N3O3/c24-23(25,26)16-6-11-20(27-13-16)32-19-9-7-17(8-10-19)28-22(31)15-12-21(30)29(14-15)18-4-2-1-3-5-18/h1-6,11,13,15,17,19H,7-10,12,14H2,(H,28,31). The molecule has 1 aliphatic carbocycles. The molecule has 2 amide bonds. The lowest BCUT2D eigenvalue weighted by molar-refractivity contribution is -0.137. The molecule has 1 aromatic heterocycles. The predicted octanol–water partition coefficient (Wildman–Crippen LogP) is 3.96. The molecule has 2 heterocycles. The highest BCUT2D eigenvalue weighted by Gasteiger charge is 2.36. The molecule has 1 aromatic carbocycles. The summed E-state index contributed by atoms with van der Waals surface area (Å²) in [6.07, 6.45) is -0.916. The fourth-order valence-electron chi connectivity index (χ4n) is 4.17. The molecule has 1 saturated heterocycles. The topological polar surface area (TPSA) is 71.5 Å². The van der Waals surface area contributed by atoms with Crippen LogP contribution < -0.4 is 15.0 Å². The molecule has 0 spiro atoms. The van der Waals surface area contributed by atoms with Gasteiger partial charge in [0.25, 0.3) is 0 Å². The van der Waals surface area contributed by atoms with Gasteiger partial charge in [0.2, 0.25) is 17.7 Å². The molecule has 6 nitrogen and oxygen atoms in total. The number of hydrogen-bond acceptors (Lipinski definition) is 4. The number of halogens is 3. The van der Waals surface area contributed by atoms with Crippen molar-refractivity contribution in [3.8, 4) is 5.88 Å². The van der Waals surface area contributed by atoms with E-state index in [0.717, 1.165) is 18.0 Å². The van der Waals surface area contributed by atoms with E-state index in [4.69, 9.17) is 4.74 Å². The molecule has 2 aliphatic rings. The number of anilines is 1. The summed E-state index contributed by atoms with van der Waals surface area (Å²) in [7, 11) is 0. The van der Waals surface area contributed by atoms with Crippen molar-refractivity contribution in [1.29, 1.82) is 0 Å². The Labute approximate surface area is 183 Å². The maximum Gasteiger partial charge on any atom is 0.417 e. The summed E-state index contributed by atoms with van der Waals surface area (Å²) in [4.78, 5) is 30.4. The Bertz CT molecular complexity index is 942. The van der Waals surface area contributed by atoms with Crippen molar-refractivity contribution in [1.82, 2.24) is 10.3 Å². The Morgan fingerprint density at radius 3 is 2.41 bits per heavy atom. The van der Waals surface area contributed by atoms with Crippen LogP contribution in [0.15, 0.2) is 48.7 Å².